The topological polar surface area (TPSA) is 110 Å². The van der Waals surface area contributed by atoms with Crippen molar-refractivity contribution in [2.24, 2.45) is 5.73 Å². The first-order valence-electron chi connectivity index (χ1n) is 2.64. The number of amides is 1. The molecule has 11 heavy (non-hydrogen) atoms. The minimum Gasteiger partial charge on any atom is -0.318 e. The molecular weight excluding hydrogens is 176 g/mol. The van der Waals surface area contributed by atoms with E-state index >= 15 is 0 Å². The second-order valence-corrected chi connectivity index (χ2v) is 3.01. The molecule has 0 aliphatic carbocycles. The third-order valence-electron chi connectivity index (χ3n) is 1.11. The maximum Gasteiger partial charge on any atom is 0.418 e. The monoisotopic (exact) mass is 182 g/mol. The van der Waals surface area contributed by atoms with Crippen molar-refractivity contribution in [1.29, 1.82) is 0 Å². The fourth-order valence-electron chi connectivity index (χ4n) is 0.600. The standard InChI is InChI=1S/C3H6N2O5S/c4-2-1-5(3(2)6)10-11(7,8)9/h2H,1,4H2,(H,7,8,9)/t2-/m0/s1. The number of nitrogens with two attached hydrogens (primary N) is 1. The van der Waals surface area contributed by atoms with E-state index < -0.39 is 22.3 Å². The van der Waals surface area contributed by atoms with Crippen LogP contribution in [0.3, 0.4) is 0 Å². The van der Waals surface area contributed by atoms with Gasteiger partial charge < -0.3 is 5.73 Å². The predicted molar refractivity (Wildman–Crippen MR) is 32.3 cm³/mol. The molecule has 1 aliphatic rings. The molecular formula is C3H6N2O5S. The maximum atomic E-state index is 10.5. The van der Waals surface area contributed by atoms with E-state index in [2.05, 4.69) is 4.28 Å². The van der Waals surface area contributed by atoms with E-state index in [0.717, 1.165) is 0 Å². The van der Waals surface area contributed by atoms with Gasteiger partial charge in [0.15, 0.2) is 0 Å². The fourth-order valence-corrected chi connectivity index (χ4v) is 0.962. The van der Waals surface area contributed by atoms with E-state index in [9.17, 15) is 13.2 Å². The Labute approximate surface area is 62.6 Å². The Balaban J connectivity index is 2.50. The van der Waals surface area contributed by atoms with Crippen LogP contribution in [0.25, 0.3) is 0 Å². The summed E-state index contributed by atoms with van der Waals surface area (Å²) in [6.07, 6.45) is 0. The molecule has 1 atom stereocenters. The molecule has 0 bridgehead atoms. The summed E-state index contributed by atoms with van der Waals surface area (Å²) in [5.41, 5.74) is 5.08. The predicted octanol–water partition coefficient (Wildman–Crippen LogP) is -2.11. The molecule has 0 spiro atoms. The summed E-state index contributed by atoms with van der Waals surface area (Å²) in [6.45, 7) is -0.0291. The van der Waals surface area contributed by atoms with E-state index in [0.29, 0.717) is 5.06 Å². The largest absolute Gasteiger partial charge is 0.418 e. The first-order valence-corrected chi connectivity index (χ1v) is 4.00. The lowest BCUT2D eigenvalue weighted by atomic mass is 10.2. The number of carbonyl (C=O) groups is 1. The van der Waals surface area contributed by atoms with Crippen LogP contribution in [-0.2, 0) is 19.5 Å². The van der Waals surface area contributed by atoms with Gasteiger partial charge in [0.05, 0.1) is 6.54 Å². The van der Waals surface area contributed by atoms with Gasteiger partial charge in [-0.15, -0.1) is 4.28 Å². The molecule has 1 fully saturated rings. The van der Waals surface area contributed by atoms with Gasteiger partial charge in [-0.2, -0.15) is 13.5 Å². The molecule has 0 unspecified atom stereocenters. The third kappa shape index (κ3) is 1.87. The molecule has 1 saturated heterocycles. The Morgan fingerprint density at radius 3 is 2.55 bits per heavy atom. The zero-order chi connectivity index (χ0) is 8.65. The zero-order valence-electron chi connectivity index (χ0n) is 5.30. The van der Waals surface area contributed by atoms with E-state index in [4.69, 9.17) is 10.3 Å². The summed E-state index contributed by atoms with van der Waals surface area (Å²) in [5.74, 6) is -0.664. The maximum absolute atomic E-state index is 10.5. The molecule has 1 aliphatic heterocycles. The van der Waals surface area contributed by atoms with Gasteiger partial charge in [0.25, 0.3) is 5.91 Å². The van der Waals surface area contributed by atoms with Crippen LogP contribution in [0.4, 0.5) is 0 Å². The molecule has 7 nitrogen and oxygen atoms in total. The molecule has 0 radical (unpaired) electrons. The van der Waals surface area contributed by atoms with Crippen LogP contribution < -0.4 is 5.73 Å². The van der Waals surface area contributed by atoms with Gasteiger partial charge in [0, 0.05) is 0 Å². The van der Waals surface area contributed by atoms with Gasteiger partial charge in [0.1, 0.15) is 6.04 Å². The second kappa shape index (κ2) is 2.41. The number of hydrogen-bond donors (Lipinski definition) is 2. The van der Waals surface area contributed by atoms with Crippen molar-refractivity contribution in [3.05, 3.63) is 0 Å². The number of β-lactam (4-membered cyclic amide) rings is 1. The first-order chi connectivity index (χ1) is 4.90. The van der Waals surface area contributed by atoms with Crippen LogP contribution in [0.5, 0.6) is 0 Å². The quantitative estimate of drug-likeness (QED) is 0.373. The van der Waals surface area contributed by atoms with Gasteiger partial charge in [0.2, 0.25) is 0 Å². The second-order valence-electron chi connectivity index (χ2n) is 2.01. The van der Waals surface area contributed by atoms with E-state index in [1.165, 1.54) is 0 Å². The van der Waals surface area contributed by atoms with Crippen LogP contribution in [0.1, 0.15) is 0 Å². The lowest BCUT2D eigenvalue weighted by Gasteiger charge is -2.32. The van der Waals surface area contributed by atoms with Crippen LogP contribution in [-0.4, -0.2) is 36.5 Å². The van der Waals surface area contributed by atoms with Crippen molar-refractivity contribution < 1.29 is 22.0 Å². The number of rotatable bonds is 2. The van der Waals surface area contributed by atoms with Crippen molar-refractivity contribution in [3.8, 4) is 0 Å². The molecule has 8 heteroatoms. The summed E-state index contributed by atoms with van der Waals surface area (Å²) in [5, 5.41) is 0.472. The van der Waals surface area contributed by atoms with E-state index in [1.807, 2.05) is 0 Å². The normalized spacial score (nSPS) is 25.1. The number of carbonyl (C=O) groups excluding carboxylic acids is 1. The molecule has 0 aromatic carbocycles. The summed E-state index contributed by atoms with van der Waals surface area (Å²) < 4.78 is 31.8. The summed E-state index contributed by atoms with van der Waals surface area (Å²) in [7, 11) is -4.59. The lowest BCUT2D eigenvalue weighted by Crippen LogP contribution is -2.60. The molecule has 0 aromatic heterocycles. The van der Waals surface area contributed by atoms with Crippen molar-refractivity contribution in [3.63, 3.8) is 0 Å². The molecule has 3 N–H and O–H groups in total. The highest BCUT2D eigenvalue weighted by molar-refractivity contribution is 7.80. The highest BCUT2D eigenvalue weighted by Gasteiger charge is 2.37. The van der Waals surface area contributed by atoms with Gasteiger partial charge in [-0.05, 0) is 0 Å². The van der Waals surface area contributed by atoms with Gasteiger partial charge >= 0.3 is 10.4 Å². The minimum absolute atomic E-state index is 0.0291. The molecule has 1 rings (SSSR count). The number of hydrogen-bond acceptors (Lipinski definition) is 5. The lowest BCUT2D eigenvalue weighted by molar-refractivity contribution is -0.178. The number of nitrogens with zero attached hydrogens (tertiary/aromatic N) is 1. The Hall–Kier alpha value is -0.700. The van der Waals surface area contributed by atoms with Crippen LogP contribution in [0.15, 0.2) is 0 Å². The first kappa shape index (κ1) is 8.40. The summed E-state index contributed by atoms with van der Waals surface area (Å²) in [6, 6.07) is -0.725. The van der Waals surface area contributed by atoms with Crippen LogP contribution in [0.2, 0.25) is 0 Å². The smallest absolute Gasteiger partial charge is 0.318 e. The van der Waals surface area contributed by atoms with E-state index in [1.54, 1.807) is 0 Å². The Kier molecular flexibility index (Phi) is 1.84. The van der Waals surface area contributed by atoms with Gasteiger partial charge in [-0.3, -0.25) is 9.35 Å². The van der Waals surface area contributed by atoms with E-state index in [-0.39, 0.29) is 6.54 Å². The SMILES string of the molecule is N[C@H]1CN(OS(=O)(=O)O)C1=O. The fraction of sp³-hybridized carbons (Fsp3) is 0.667. The van der Waals surface area contributed by atoms with Crippen molar-refractivity contribution in [2.75, 3.05) is 6.54 Å². The summed E-state index contributed by atoms with van der Waals surface area (Å²) in [4.78, 5) is 10.5. The molecule has 0 saturated carbocycles. The highest BCUT2D eigenvalue weighted by Crippen LogP contribution is 2.09. The van der Waals surface area contributed by atoms with Crippen molar-refractivity contribution >= 4 is 16.3 Å². The molecule has 0 aromatic rings. The molecule has 64 valence electrons. The van der Waals surface area contributed by atoms with Gasteiger partial charge in [-0.1, -0.05) is 0 Å². The third-order valence-corrected chi connectivity index (χ3v) is 1.48. The summed E-state index contributed by atoms with van der Waals surface area (Å²) >= 11 is 0. The average Bonchev–Trinajstić information content (AvgIpc) is 1.84. The van der Waals surface area contributed by atoms with Crippen LogP contribution >= 0.6 is 0 Å². The van der Waals surface area contributed by atoms with Crippen molar-refractivity contribution in [1.82, 2.24) is 5.06 Å². The van der Waals surface area contributed by atoms with Crippen LogP contribution in [0, 0.1) is 0 Å². The zero-order valence-corrected chi connectivity index (χ0v) is 6.11. The minimum atomic E-state index is -4.59. The average molecular weight is 182 g/mol. The Morgan fingerprint density at radius 1 is 1.73 bits per heavy atom. The molecule has 1 amide bonds. The highest BCUT2D eigenvalue weighted by atomic mass is 32.3. The van der Waals surface area contributed by atoms with Gasteiger partial charge in [-0.25, -0.2) is 0 Å². The Bertz CT molecular complexity index is 271. The van der Waals surface area contributed by atoms with Crippen molar-refractivity contribution in [2.45, 2.75) is 6.04 Å². The Morgan fingerprint density at radius 2 is 2.27 bits per heavy atom. The molecule has 1 heterocycles. The number of hydroxylamine groups is 2.